The molecule has 0 atom stereocenters. The second kappa shape index (κ2) is 7.74. The maximum absolute atomic E-state index is 12.5. The minimum atomic E-state index is -0.187. The maximum atomic E-state index is 12.5. The number of benzene rings is 1. The van der Waals surface area contributed by atoms with Crippen LogP contribution in [-0.4, -0.2) is 52.4 Å². The Labute approximate surface area is 156 Å². The van der Waals surface area contributed by atoms with E-state index < -0.39 is 0 Å². The number of rotatable bonds is 3. The van der Waals surface area contributed by atoms with Crippen molar-refractivity contribution in [2.75, 3.05) is 26.2 Å². The lowest BCUT2D eigenvalue weighted by molar-refractivity contribution is -0.133. The molecule has 0 radical (unpaired) electrons. The number of halogens is 1. The van der Waals surface area contributed by atoms with Crippen molar-refractivity contribution >= 4 is 23.4 Å². The van der Waals surface area contributed by atoms with Crippen molar-refractivity contribution in [2.24, 2.45) is 0 Å². The van der Waals surface area contributed by atoms with Crippen molar-refractivity contribution in [2.45, 2.75) is 13.5 Å². The Morgan fingerprint density at radius 2 is 1.73 bits per heavy atom. The van der Waals surface area contributed by atoms with Gasteiger partial charge in [-0.15, -0.1) is 0 Å². The Morgan fingerprint density at radius 1 is 1.04 bits per heavy atom. The van der Waals surface area contributed by atoms with Gasteiger partial charge in [0, 0.05) is 49.0 Å². The number of pyridine rings is 1. The third-order valence-electron chi connectivity index (χ3n) is 4.45. The van der Waals surface area contributed by atoms with Gasteiger partial charge in [0.05, 0.1) is 0 Å². The molecule has 0 unspecified atom stereocenters. The molecule has 6 nitrogen and oxygen atoms in total. The highest BCUT2D eigenvalue weighted by Gasteiger charge is 2.25. The molecule has 1 saturated heterocycles. The first-order valence-corrected chi connectivity index (χ1v) is 8.81. The zero-order valence-corrected chi connectivity index (χ0v) is 15.3. The Hall–Kier alpha value is -2.60. The number of aryl methyl sites for hydroxylation is 1. The highest BCUT2D eigenvalue weighted by Crippen LogP contribution is 2.14. The summed E-state index contributed by atoms with van der Waals surface area (Å²) >= 11 is 5.94. The average molecular weight is 374 g/mol. The first-order chi connectivity index (χ1) is 12.4. The predicted octanol–water partition coefficient (Wildman–Crippen LogP) is 1.79. The van der Waals surface area contributed by atoms with Crippen LogP contribution in [0.2, 0.25) is 5.02 Å². The van der Waals surface area contributed by atoms with Crippen LogP contribution in [0.1, 0.15) is 15.9 Å². The molecule has 2 aromatic rings. The molecule has 0 bridgehead atoms. The summed E-state index contributed by atoms with van der Waals surface area (Å²) in [6.45, 7) is 3.67. The fraction of sp³-hybridized carbons (Fsp3) is 0.316. The van der Waals surface area contributed by atoms with Crippen LogP contribution in [0.5, 0.6) is 0 Å². The number of hydrogen-bond acceptors (Lipinski definition) is 3. The Morgan fingerprint density at radius 3 is 2.38 bits per heavy atom. The molecule has 2 amide bonds. The van der Waals surface area contributed by atoms with Gasteiger partial charge in [0.1, 0.15) is 6.54 Å². The van der Waals surface area contributed by atoms with E-state index in [9.17, 15) is 14.4 Å². The molecule has 0 saturated carbocycles. The zero-order chi connectivity index (χ0) is 18.7. The summed E-state index contributed by atoms with van der Waals surface area (Å²) in [5, 5.41) is 0.521. The molecule has 1 aromatic carbocycles. The fourth-order valence-electron chi connectivity index (χ4n) is 2.95. The standard InChI is InChI=1S/C19H20ClN3O3/c1-14-5-6-23(17(24)11-14)13-18(25)21-7-9-22(10-8-21)19(26)15-3-2-4-16(20)12-15/h2-6,11-12H,7-10,13H2,1H3. The average Bonchev–Trinajstić information content (AvgIpc) is 2.63. The summed E-state index contributed by atoms with van der Waals surface area (Å²) in [6.07, 6.45) is 1.63. The van der Waals surface area contributed by atoms with Gasteiger partial charge in [0.25, 0.3) is 11.5 Å². The van der Waals surface area contributed by atoms with Gasteiger partial charge in [-0.25, -0.2) is 0 Å². The molecule has 1 aliphatic heterocycles. The molecule has 2 heterocycles. The van der Waals surface area contributed by atoms with Crippen LogP contribution >= 0.6 is 11.6 Å². The van der Waals surface area contributed by atoms with Crippen LogP contribution in [0.25, 0.3) is 0 Å². The minimum absolute atomic E-state index is 0.0152. The SMILES string of the molecule is Cc1ccn(CC(=O)N2CCN(C(=O)c3cccc(Cl)c3)CC2)c(=O)c1. The van der Waals surface area contributed by atoms with Crippen molar-refractivity contribution in [1.82, 2.24) is 14.4 Å². The van der Waals surface area contributed by atoms with Crippen molar-refractivity contribution in [3.05, 3.63) is 69.1 Å². The van der Waals surface area contributed by atoms with Crippen LogP contribution < -0.4 is 5.56 Å². The number of amides is 2. The van der Waals surface area contributed by atoms with E-state index >= 15 is 0 Å². The summed E-state index contributed by atoms with van der Waals surface area (Å²) in [4.78, 5) is 40.3. The topological polar surface area (TPSA) is 62.6 Å². The fourth-order valence-corrected chi connectivity index (χ4v) is 3.14. The van der Waals surface area contributed by atoms with E-state index in [2.05, 4.69) is 0 Å². The first kappa shape index (κ1) is 18.2. The molecule has 136 valence electrons. The predicted molar refractivity (Wildman–Crippen MR) is 99.4 cm³/mol. The molecule has 0 spiro atoms. The Kier molecular flexibility index (Phi) is 5.42. The van der Waals surface area contributed by atoms with E-state index in [1.54, 1.807) is 46.3 Å². The molecule has 1 aromatic heterocycles. The lowest BCUT2D eigenvalue weighted by atomic mass is 10.2. The van der Waals surface area contributed by atoms with Gasteiger partial charge in [-0.3, -0.25) is 14.4 Å². The minimum Gasteiger partial charge on any atom is -0.338 e. The van der Waals surface area contributed by atoms with Crippen LogP contribution in [0.15, 0.2) is 47.4 Å². The first-order valence-electron chi connectivity index (χ1n) is 8.44. The molecule has 1 fully saturated rings. The van der Waals surface area contributed by atoms with Crippen LogP contribution in [0, 0.1) is 6.92 Å². The Balaban J connectivity index is 1.58. The number of carbonyl (C=O) groups excluding carboxylic acids is 2. The van der Waals surface area contributed by atoms with Gasteiger partial charge in [-0.05, 0) is 36.8 Å². The van der Waals surface area contributed by atoms with E-state index in [0.717, 1.165) is 5.56 Å². The lowest BCUT2D eigenvalue weighted by Gasteiger charge is -2.35. The summed E-state index contributed by atoms with van der Waals surface area (Å²) in [5.41, 5.74) is 1.23. The monoisotopic (exact) mass is 373 g/mol. The van der Waals surface area contributed by atoms with Crippen molar-refractivity contribution in [3.8, 4) is 0 Å². The summed E-state index contributed by atoms with van der Waals surface area (Å²) in [6, 6.07) is 10.2. The van der Waals surface area contributed by atoms with Gasteiger partial charge in [-0.2, -0.15) is 0 Å². The van der Waals surface area contributed by atoms with Crippen molar-refractivity contribution in [3.63, 3.8) is 0 Å². The highest BCUT2D eigenvalue weighted by atomic mass is 35.5. The molecule has 1 aliphatic rings. The summed E-state index contributed by atoms with van der Waals surface area (Å²) in [7, 11) is 0. The van der Waals surface area contributed by atoms with E-state index in [-0.39, 0.29) is 23.9 Å². The van der Waals surface area contributed by atoms with Crippen LogP contribution in [-0.2, 0) is 11.3 Å². The van der Waals surface area contributed by atoms with Gasteiger partial charge < -0.3 is 14.4 Å². The summed E-state index contributed by atoms with van der Waals surface area (Å²) in [5.74, 6) is -0.208. The molecule has 0 aliphatic carbocycles. The normalized spacial score (nSPS) is 14.4. The van der Waals surface area contributed by atoms with Gasteiger partial charge in [-0.1, -0.05) is 17.7 Å². The summed E-state index contributed by atoms with van der Waals surface area (Å²) < 4.78 is 1.40. The highest BCUT2D eigenvalue weighted by molar-refractivity contribution is 6.30. The van der Waals surface area contributed by atoms with Crippen LogP contribution in [0.3, 0.4) is 0 Å². The van der Waals surface area contributed by atoms with E-state index in [1.165, 1.54) is 10.6 Å². The number of piperazine rings is 1. The molecular weight excluding hydrogens is 354 g/mol. The van der Waals surface area contributed by atoms with E-state index in [4.69, 9.17) is 11.6 Å². The number of carbonyl (C=O) groups is 2. The molecule has 26 heavy (non-hydrogen) atoms. The molecule has 7 heteroatoms. The quantitative estimate of drug-likeness (QED) is 0.824. The van der Waals surface area contributed by atoms with Crippen molar-refractivity contribution < 1.29 is 9.59 Å². The van der Waals surface area contributed by atoms with Crippen molar-refractivity contribution in [1.29, 1.82) is 0 Å². The molecular formula is C19H20ClN3O3. The second-order valence-corrected chi connectivity index (χ2v) is 6.79. The van der Waals surface area contributed by atoms with Gasteiger partial charge in [0.2, 0.25) is 5.91 Å². The third kappa shape index (κ3) is 4.14. The van der Waals surface area contributed by atoms with Crippen LogP contribution in [0.4, 0.5) is 0 Å². The lowest BCUT2D eigenvalue weighted by Crippen LogP contribution is -2.51. The largest absolute Gasteiger partial charge is 0.338 e. The number of hydrogen-bond donors (Lipinski definition) is 0. The smallest absolute Gasteiger partial charge is 0.254 e. The maximum Gasteiger partial charge on any atom is 0.254 e. The zero-order valence-electron chi connectivity index (χ0n) is 14.5. The van der Waals surface area contributed by atoms with Gasteiger partial charge in [0.15, 0.2) is 0 Å². The second-order valence-electron chi connectivity index (χ2n) is 6.35. The molecule has 0 N–H and O–H groups in total. The number of nitrogens with zero attached hydrogens (tertiary/aromatic N) is 3. The number of aromatic nitrogens is 1. The Bertz CT molecular complexity index is 886. The third-order valence-corrected chi connectivity index (χ3v) is 4.68. The molecule has 3 rings (SSSR count). The van der Waals surface area contributed by atoms with E-state index in [0.29, 0.717) is 36.8 Å². The van der Waals surface area contributed by atoms with E-state index in [1.807, 2.05) is 6.92 Å². The van der Waals surface area contributed by atoms with Gasteiger partial charge >= 0.3 is 0 Å².